The van der Waals surface area contributed by atoms with E-state index < -0.39 is 5.60 Å². The minimum atomic E-state index is -0.419. The Hall–Kier alpha value is -0.380. The van der Waals surface area contributed by atoms with Crippen LogP contribution in [0.3, 0.4) is 0 Å². The fourth-order valence-electron chi connectivity index (χ4n) is 6.01. The first-order chi connectivity index (χ1) is 12.2. The normalized spacial score (nSPS) is 35.5. The van der Waals surface area contributed by atoms with Gasteiger partial charge in [0.2, 0.25) is 0 Å². The molecule has 0 spiro atoms. The maximum Gasteiger partial charge on any atom is 0.408 e. The topological polar surface area (TPSA) is 38.3 Å². The number of alkyl carbamates (subject to hydrolysis) is 1. The molecule has 0 aromatic carbocycles. The molecule has 0 aliphatic heterocycles. The van der Waals surface area contributed by atoms with Crippen LogP contribution < -0.4 is 5.32 Å². The molecule has 4 fully saturated rings. The van der Waals surface area contributed by atoms with Crippen LogP contribution in [-0.4, -0.2) is 27.7 Å². The number of amides is 1. The first kappa shape index (κ1) is 20.4. The molecule has 0 aromatic heterocycles. The van der Waals surface area contributed by atoms with Crippen LogP contribution in [0.5, 0.6) is 0 Å². The summed E-state index contributed by atoms with van der Waals surface area (Å²) in [6.45, 7) is 8.12. The smallest absolute Gasteiger partial charge is 0.408 e. The van der Waals surface area contributed by atoms with Crippen LogP contribution in [0, 0.1) is 11.8 Å². The molecule has 0 aromatic rings. The van der Waals surface area contributed by atoms with Crippen molar-refractivity contribution in [2.24, 2.45) is 11.8 Å². The zero-order valence-corrected chi connectivity index (χ0v) is 18.2. The molecule has 3 nitrogen and oxygen atoms in total. The van der Waals surface area contributed by atoms with Crippen molar-refractivity contribution in [2.45, 2.75) is 114 Å². The second-order valence-corrected chi connectivity index (χ2v) is 11.9. The third-order valence-corrected chi connectivity index (χ3v) is 8.01. The highest BCUT2D eigenvalue weighted by atomic mass is 32.2. The summed E-state index contributed by atoms with van der Waals surface area (Å²) in [5.74, 6) is 2.91. The lowest BCUT2D eigenvalue weighted by atomic mass is 9.52. The molecule has 4 heteroatoms. The van der Waals surface area contributed by atoms with Gasteiger partial charge in [0, 0.05) is 10.3 Å². The second-order valence-electron chi connectivity index (χ2n) is 10.3. The molecule has 2 unspecified atom stereocenters. The number of nitrogens with one attached hydrogen (secondary N) is 1. The standard InChI is InChI=1S/C22H39NO2S/c1-5-6-7-8-9-10-26-22-14-17-11-18(15-22)13-21(12-17,16-22)23-19(24)25-20(2,3)4/h17-18H,5-16H2,1-4H3,(H,23,24). The van der Waals surface area contributed by atoms with Crippen molar-refractivity contribution in [1.29, 1.82) is 0 Å². The Morgan fingerprint density at radius 1 is 1.08 bits per heavy atom. The zero-order chi connectivity index (χ0) is 18.8. The van der Waals surface area contributed by atoms with E-state index in [9.17, 15) is 4.79 Å². The van der Waals surface area contributed by atoms with Gasteiger partial charge in [-0.15, -0.1) is 0 Å². The molecule has 1 amide bonds. The number of rotatable bonds is 8. The largest absolute Gasteiger partial charge is 0.444 e. The Bertz CT molecular complexity index is 485. The zero-order valence-electron chi connectivity index (χ0n) is 17.4. The number of thioether (sulfide) groups is 1. The van der Waals surface area contributed by atoms with Crippen LogP contribution >= 0.6 is 11.8 Å². The van der Waals surface area contributed by atoms with Gasteiger partial charge in [-0.1, -0.05) is 32.6 Å². The van der Waals surface area contributed by atoms with Crippen molar-refractivity contribution in [2.75, 3.05) is 5.75 Å². The molecule has 0 radical (unpaired) electrons. The maximum absolute atomic E-state index is 12.5. The van der Waals surface area contributed by atoms with E-state index in [1.165, 1.54) is 70.0 Å². The first-order valence-corrected chi connectivity index (χ1v) is 11.9. The predicted octanol–water partition coefficient (Wildman–Crippen LogP) is 6.31. The Kier molecular flexibility index (Phi) is 6.21. The molecule has 150 valence electrons. The summed E-state index contributed by atoms with van der Waals surface area (Å²) in [6, 6.07) is 0. The van der Waals surface area contributed by atoms with E-state index in [1.54, 1.807) is 0 Å². The maximum atomic E-state index is 12.5. The van der Waals surface area contributed by atoms with Gasteiger partial charge in [0.25, 0.3) is 0 Å². The Morgan fingerprint density at radius 3 is 2.35 bits per heavy atom. The number of hydrogen-bond acceptors (Lipinski definition) is 3. The lowest BCUT2D eigenvalue weighted by Crippen LogP contribution is -2.64. The van der Waals surface area contributed by atoms with Gasteiger partial charge < -0.3 is 10.1 Å². The minimum Gasteiger partial charge on any atom is -0.444 e. The lowest BCUT2D eigenvalue weighted by molar-refractivity contribution is -0.0141. The number of ether oxygens (including phenoxy) is 1. The van der Waals surface area contributed by atoms with Gasteiger partial charge in [0.05, 0.1) is 0 Å². The average molecular weight is 382 g/mol. The summed E-state index contributed by atoms with van der Waals surface area (Å²) in [5, 5.41) is 3.35. The van der Waals surface area contributed by atoms with E-state index in [4.69, 9.17) is 4.74 Å². The Labute approximate surface area is 164 Å². The average Bonchev–Trinajstić information content (AvgIpc) is 2.46. The molecule has 26 heavy (non-hydrogen) atoms. The molecule has 0 heterocycles. The highest BCUT2D eigenvalue weighted by Gasteiger charge is 2.58. The van der Waals surface area contributed by atoms with E-state index in [2.05, 4.69) is 24.0 Å². The van der Waals surface area contributed by atoms with Gasteiger partial charge in [0.15, 0.2) is 0 Å². The van der Waals surface area contributed by atoms with Gasteiger partial charge in [-0.3, -0.25) is 0 Å². The van der Waals surface area contributed by atoms with Crippen molar-refractivity contribution in [3.63, 3.8) is 0 Å². The number of carbonyl (C=O) groups excluding carboxylic acids is 1. The highest BCUT2D eigenvalue weighted by Crippen LogP contribution is 2.62. The monoisotopic (exact) mass is 381 g/mol. The fraction of sp³-hybridized carbons (Fsp3) is 0.955. The highest BCUT2D eigenvalue weighted by molar-refractivity contribution is 8.00. The Morgan fingerprint density at radius 2 is 1.73 bits per heavy atom. The number of unbranched alkanes of at least 4 members (excludes halogenated alkanes) is 4. The summed E-state index contributed by atoms with van der Waals surface area (Å²) < 4.78 is 6.01. The van der Waals surface area contributed by atoms with Crippen LogP contribution in [0.25, 0.3) is 0 Å². The van der Waals surface area contributed by atoms with Crippen molar-refractivity contribution in [3.05, 3.63) is 0 Å². The van der Waals surface area contributed by atoms with Gasteiger partial charge >= 0.3 is 6.09 Å². The first-order valence-electron chi connectivity index (χ1n) is 10.9. The second kappa shape index (κ2) is 7.93. The molecule has 4 aliphatic rings. The van der Waals surface area contributed by atoms with Gasteiger partial charge in [-0.2, -0.15) is 11.8 Å². The molecule has 4 bridgehead atoms. The van der Waals surface area contributed by atoms with Crippen LogP contribution in [0.4, 0.5) is 4.79 Å². The van der Waals surface area contributed by atoms with Gasteiger partial charge in [-0.05, 0) is 83.3 Å². The van der Waals surface area contributed by atoms with E-state index in [0.717, 1.165) is 18.3 Å². The molecule has 0 saturated heterocycles. The van der Waals surface area contributed by atoms with E-state index in [-0.39, 0.29) is 11.6 Å². The lowest BCUT2D eigenvalue weighted by Gasteiger charge is -2.61. The van der Waals surface area contributed by atoms with E-state index in [1.807, 2.05) is 20.8 Å². The summed E-state index contributed by atoms with van der Waals surface area (Å²) in [5.41, 5.74) is -0.418. The Balaban J connectivity index is 1.57. The van der Waals surface area contributed by atoms with E-state index in [0.29, 0.717) is 4.75 Å². The SMILES string of the molecule is CCCCCCCSC12CC3CC(CC(NC(=O)OC(C)(C)C)(C3)C1)C2. The quantitative estimate of drug-likeness (QED) is 0.501. The summed E-state index contributed by atoms with van der Waals surface area (Å²) >= 11 is 2.24. The molecule has 2 atom stereocenters. The van der Waals surface area contributed by atoms with Crippen LogP contribution in [-0.2, 0) is 4.74 Å². The molecule has 1 N–H and O–H groups in total. The van der Waals surface area contributed by atoms with Crippen LogP contribution in [0.1, 0.15) is 98.3 Å². The van der Waals surface area contributed by atoms with Crippen LogP contribution in [0.15, 0.2) is 0 Å². The summed E-state index contributed by atoms with van der Waals surface area (Å²) in [6.07, 6.45) is 14.2. The number of carbonyl (C=O) groups is 1. The molecule has 4 rings (SSSR count). The summed E-state index contributed by atoms with van der Waals surface area (Å²) in [4.78, 5) is 12.5. The fourth-order valence-corrected chi connectivity index (χ4v) is 7.87. The van der Waals surface area contributed by atoms with Gasteiger partial charge in [0.1, 0.15) is 5.60 Å². The van der Waals surface area contributed by atoms with Crippen LogP contribution in [0.2, 0.25) is 0 Å². The van der Waals surface area contributed by atoms with Gasteiger partial charge in [-0.25, -0.2) is 4.79 Å². The minimum absolute atomic E-state index is 0.00161. The van der Waals surface area contributed by atoms with Crippen molar-refractivity contribution < 1.29 is 9.53 Å². The number of hydrogen-bond donors (Lipinski definition) is 1. The summed E-state index contributed by atoms with van der Waals surface area (Å²) in [7, 11) is 0. The molecular formula is C22H39NO2S. The van der Waals surface area contributed by atoms with Crippen molar-refractivity contribution in [1.82, 2.24) is 5.32 Å². The van der Waals surface area contributed by atoms with Crippen molar-refractivity contribution >= 4 is 17.9 Å². The molecular weight excluding hydrogens is 342 g/mol. The molecule has 4 aliphatic carbocycles. The van der Waals surface area contributed by atoms with E-state index >= 15 is 0 Å². The predicted molar refractivity (Wildman–Crippen MR) is 111 cm³/mol. The molecule has 4 saturated carbocycles. The van der Waals surface area contributed by atoms with Crippen molar-refractivity contribution in [3.8, 4) is 0 Å². The third kappa shape index (κ3) is 5.11. The third-order valence-electron chi connectivity index (χ3n) is 6.43.